The maximum atomic E-state index is 11.3. The molecule has 0 aromatic heterocycles. The number of nitrogens with zero attached hydrogens (tertiary/aromatic N) is 2. The van der Waals surface area contributed by atoms with Gasteiger partial charge in [-0.05, 0) is 46.2 Å². The first-order valence-corrected chi connectivity index (χ1v) is 6.42. The lowest BCUT2D eigenvalue weighted by atomic mass is 10.1. The Hall–Kier alpha value is -0.320. The van der Waals surface area contributed by atoms with Crippen molar-refractivity contribution in [2.75, 3.05) is 19.8 Å². The molecule has 0 aliphatic carbocycles. The first kappa shape index (κ1) is 14.7. The van der Waals surface area contributed by atoms with E-state index in [0.717, 1.165) is 13.1 Å². The third-order valence-corrected chi connectivity index (χ3v) is 3.07. The molecular formula is C12H23ClN2O2. The van der Waals surface area contributed by atoms with Crippen molar-refractivity contribution >= 4 is 17.0 Å². The van der Waals surface area contributed by atoms with Crippen LogP contribution in [0.2, 0.25) is 0 Å². The molecule has 2 atom stereocenters. The predicted molar refractivity (Wildman–Crippen MR) is 69.3 cm³/mol. The molecule has 1 rings (SSSR count). The van der Waals surface area contributed by atoms with Crippen molar-refractivity contribution in [1.82, 2.24) is 9.80 Å². The molecule has 1 fully saturated rings. The molecule has 0 aromatic carbocycles. The topological polar surface area (TPSA) is 32.8 Å². The number of amides is 1. The van der Waals surface area contributed by atoms with E-state index in [2.05, 4.69) is 4.90 Å². The number of halogens is 1. The van der Waals surface area contributed by atoms with Crippen LogP contribution in [0.5, 0.6) is 0 Å². The van der Waals surface area contributed by atoms with Crippen LogP contribution in [0.1, 0.15) is 34.6 Å². The first-order chi connectivity index (χ1) is 7.70. The lowest BCUT2D eigenvalue weighted by Crippen LogP contribution is -2.58. The van der Waals surface area contributed by atoms with E-state index in [4.69, 9.17) is 16.3 Å². The van der Waals surface area contributed by atoms with Crippen LogP contribution in [0, 0.1) is 0 Å². The van der Waals surface area contributed by atoms with Crippen LogP contribution in [0.15, 0.2) is 0 Å². The van der Waals surface area contributed by atoms with Gasteiger partial charge in [-0.25, -0.2) is 0 Å². The first-order valence-electron chi connectivity index (χ1n) is 6.05. The number of piperazine rings is 1. The zero-order valence-corrected chi connectivity index (χ0v) is 12.1. The summed E-state index contributed by atoms with van der Waals surface area (Å²) in [4.78, 5) is 15.2. The Morgan fingerprint density at radius 3 is 2.12 bits per heavy atom. The minimum absolute atomic E-state index is 0.132. The fraction of sp³-hybridized carbons (Fsp3) is 0.917. The average molecular weight is 263 g/mol. The molecule has 1 aliphatic rings. The molecule has 1 saturated heterocycles. The van der Waals surface area contributed by atoms with E-state index in [0.29, 0.717) is 6.73 Å². The van der Waals surface area contributed by atoms with Gasteiger partial charge in [0.25, 0.3) is 0 Å². The summed E-state index contributed by atoms with van der Waals surface area (Å²) in [7, 11) is 0. The highest BCUT2D eigenvalue weighted by Gasteiger charge is 2.32. The molecule has 17 heavy (non-hydrogen) atoms. The lowest BCUT2D eigenvalue weighted by Gasteiger charge is -2.43. The minimum Gasteiger partial charge on any atom is -0.360 e. The average Bonchev–Trinajstić information content (AvgIpc) is 2.11. The molecule has 0 unspecified atom stereocenters. The second-order valence-electron chi connectivity index (χ2n) is 5.78. The largest absolute Gasteiger partial charge is 0.360 e. The summed E-state index contributed by atoms with van der Waals surface area (Å²) in [6.07, 6.45) is 0. The zero-order valence-electron chi connectivity index (χ0n) is 11.4. The number of rotatable bonds is 2. The summed E-state index contributed by atoms with van der Waals surface area (Å²) in [6.45, 7) is 12.4. The smallest absolute Gasteiger partial charge is 0.316 e. The summed E-state index contributed by atoms with van der Waals surface area (Å²) < 4.78 is 5.75. The molecule has 0 bridgehead atoms. The zero-order chi connectivity index (χ0) is 13.2. The monoisotopic (exact) mass is 262 g/mol. The summed E-state index contributed by atoms with van der Waals surface area (Å²) in [5.74, 6) is 0. The van der Waals surface area contributed by atoms with Gasteiger partial charge in [0.2, 0.25) is 0 Å². The molecule has 5 heteroatoms. The van der Waals surface area contributed by atoms with Crippen LogP contribution < -0.4 is 0 Å². The fourth-order valence-corrected chi connectivity index (χ4v) is 2.50. The standard InChI is InChI=1S/C12H23ClN2O2/c1-9-6-14(8-17-12(3,4)5)7-10(2)15(9)11(13)16/h9-10H,6-8H2,1-5H3/t9-,10-/m1/s1. The van der Waals surface area contributed by atoms with Crippen LogP contribution in [0.4, 0.5) is 4.79 Å². The van der Waals surface area contributed by atoms with Gasteiger partial charge < -0.3 is 9.64 Å². The maximum absolute atomic E-state index is 11.3. The van der Waals surface area contributed by atoms with Crippen LogP contribution in [0.3, 0.4) is 0 Å². The Morgan fingerprint density at radius 1 is 1.29 bits per heavy atom. The van der Waals surface area contributed by atoms with E-state index in [9.17, 15) is 4.79 Å². The quantitative estimate of drug-likeness (QED) is 0.566. The third-order valence-electron chi connectivity index (χ3n) is 2.88. The Balaban J connectivity index is 2.51. The third kappa shape index (κ3) is 4.45. The molecule has 1 amide bonds. The van der Waals surface area contributed by atoms with Gasteiger partial charge in [-0.2, -0.15) is 0 Å². The molecule has 0 saturated carbocycles. The molecule has 0 radical (unpaired) electrons. The van der Waals surface area contributed by atoms with E-state index in [1.54, 1.807) is 4.90 Å². The van der Waals surface area contributed by atoms with Gasteiger partial charge in [-0.1, -0.05) is 0 Å². The van der Waals surface area contributed by atoms with Crippen molar-refractivity contribution in [2.45, 2.75) is 52.3 Å². The Kier molecular flexibility index (Phi) is 4.81. The molecule has 1 heterocycles. The second-order valence-corrected chi connectivity index (χ2v) is 6.10. The highest BCUT2D eigenvalue weighted by Crippen LogP contribution is 2.18. The molecule has 100 valence electrons. The molecule has 1 aliphatic heterocycles. The fourth-order valence-electron chi connectivity index (χ4n) is 2.17. The number of hydrogen-bond donors (Lipinski definition) is 0. The Morgan fingerprint density at radius 2 is 1.76 bits per heavy atom. The van der Waals surface area contributed by atoms with Crippen molar-refractivity contribution in [3.05, 3.63) is 0 Å². The van der Waals surface area contributed by atoms with Crippen molar-refractivity contribution < 1.29 is 9.53 Å². The van der Waals surface area contributed by atoms with Crippen molar-refractivity contribution in [3.63, 3.8) is 0 Å². The van der Waals surface area contributed by atoms with Crippen LogP contribution in [-0.4, -0.2) is 52.7 Å². The number of hydrogen-bond acceptors (Lipinski definition) is 3. The van der Waals surface area contributed by atoms with Crippen molar-refractivity contribution in [1.29, 1.82) is 0 Å². The highest BCUT2D eigenvalue weighted by molar-refractivity contribution is 6.62. The van der Waals surface area contributed by atoms with Gasteiger partial charge >= 0.3 is 5.37 Å². The van der Waals surface area contributed by atoms with Crippen LogP contribution in [-0.2, 0) is 4.74 Å². The Labute approximate surface area is 109 Å². The van der Waals surface area contributed by atoms with Gasteiger partial charge in [0.05, 0.1) is 12.3 Å². The van der Waals surface area contributed by atoms with Gasteiger partial charge in [-0.3, -0.25) is 9.69 Å². The SMILES string of the molecule is C[C@@H]1CN(COC(C)(C)C)C[C@@H](C)N1C(=O)Cl. The van der Waals surface area contributed by atoms with Crippen LogP contribution in [0.25, 0.3) is 0 Å². The van der Waals surface area contributed by atoms with E-state index >= 15 is 0 Å². The number of carbonyl (C=O) groups is 1. The van der Waals surface area contributed by atoms with E-state index in [-0.39, 0.29) is 23.1 Å². The Bertz CT molecular complexity index is 266. The summed E-state index contributed by atoms with van der Waals surface area (Å²) in [5, 5.41) is -0.360. The second kappa shape index (κ2) is 5.55. The molecule has 0 aromatic rings. The molecule has 0 spiro atoms. The molecule has 4 nitrogen and oxygen atoms in total. The van der Waals surface area contributed by atoms with E-state index in [1.165, 1.54) is 0 Å². The van der Waals surface area contributed by atoms with Crippen molar-refractivity contribution in [2.24, 2.45) is 0 Å². The summed E-state index contributed by atoms with van der Waals surface area (Å²) >= 11 is 5.58. The van der Waals surface area contributed by atoms with Gasteiger partial charge in [0, 0.05) is 25.2 Å². The summed E-state index contributed by atoms with van der Waals surface area (Å²) in [6, 6.07) is 0.264. The van der Waals surface area contributed by atoms with Gasteiger partial charge in [0.15, 0.2) is 0 Å². The van der Waals surface area contributed by atoms with E-state index < -0.39 is 0 Å². The van der Waals surface area contributed by atoms with Gasteiger partial charge in [0.1, 0.15) is 0 Å². The van der Waals surface area contributed by atoms with Gasteiger partial charge in [-0.15, -0.1) is 0 Å². The predicted octanol–water partition coefficient (Wildman–Crippen LogP) is 2.51. The molecular weight excluding hydrogens is 240 g/mol. The molecule has 0 N–H and O–H groups in total. The number of ether oxygens (including phenoxy) is 1. The summed E-state index contributed by atoms with van der Waals surface area (Å²) in [5.41, 5.74) is -0.133. The van der Waals surface area contributed by atoms with E-state index in [1.807, 2.05) is 34.6 Å². The highest BCUT2D eigenvalue weighted by atomic mass is 35.5. The van der Waals surface area contributed by atoms with Crippen LogP contribution >= 0.6 is 11.6 Å². The maximum Gasteiger partial charge on any atom is 0.316 e. The van der Waals surface area contributed by atoms with Crippen molar-refractivity contribution in [3.8, 4) is 0 Å². The normalized spacial score (nSPS) is 27.3. The minimum atomic E-state index is -0.360. The number of carbonyl (C=O) groups excluding carboxylic acids is 1. The lowest BCUT2D eigenvalue weighted by molar-refractivity contribution is -0.0834.